The summed E-state index contributed by atoms with van der Waals surface area (Å²) >= 11 is 4.43. The highest BCUT2D eigenvalue weighted by atomic mass is 79.9. The first-order valence-electron chi connectivity index (χ1n) is 7.38. The molecule has 0 spiro atoms. The summed E-state index contributed by atoms with van der Waals surface area (Å²) in [7, 11) is 2.79. The minimum Gasteiger partial charge on any atom is -0.493 e. The van der Waals surface area contributed by atoms with Gasteiger partial charge in [0.25, 0.3) is 5.91 Å². The minimum atomic E-state index is -0.613. The molecule has 1 aliphatic heterocycles. The van der Waals surface area contributed by atoms with Gasteiger partial charge in [0.15, 0.2) is 16.7 Å². The first-order valence-corrected chi connectivity index (χ1v) is 8.99. The largest absolute Gasteiger partial charge is 0.493 e. The first kappa shape index (κ1) is 20.0. The second-order valence-electron chi connectivity index (χ2n) is 4.70. The highest BCUT2D eigenvalue weighted by Crippen LogP contribution is 2.33. The molecular weight excluding hydrogens is 426 g/mol. The fraction of sp³-hybridized carbons (Fsp3) is 0.250. The number of hydrogen-bond acceptors (Lipinski definition) is 8. The Bertz CT molecular complexity index is 807. The number of halogens is 1. The van der Waals surface area contributed by atoms with Crippen LogP contribution in [0.25, 0.3) is 0 Å². The quantitative estimate of drug-likeness (QED) is 0.315. The number of ether oxygens (including phenoxy) is 3. The molecule has 26 heavy (non-hydrogen) atoms. The molecule has 0 unspecified atom stereocenters. The van der Waals surface area contributed by atoms with Crippen LogP contribution >= 0.6 is 27.7 Å². The van der Waals surface area contributed by atoms with E-state index in [4.69, 9.17) is 9.47 Å². The number of esters is 1. The van der Waals surface area contributed by atoms with Crippen LogP contribution < -0.4 is 14.8 Å². The van der Waals surface area contributed by atoms with Crippen molar-refractivity contribution >= 4 is 51.0 Å². The van der Waals surface area contributed by atoms with Gasteiger partial charge in [-0.15, -0.1) is 5.10 Å². The van der Waals surface area contributed by atoms with Crippen LogP contribution in [0.3, 0.4) is 0 Å². The van der Waals surface area contributed by atoms with Crippen LogP contribution in [0.2, 0.25) is 0 Å². The number of amidine groups is 1. The molecule has 2 rings (SSSR count). The van der Waals surface area contributed by atoms with E-state index in [2.05, 4.69) is 36.2 Å². The topological polar surface area (TPSA) is 98.6 Å². The SMILES string of the molecule is CCOc1cc(C=N/N=C2/NC(=O)/C(=C\C(=O)OC)S2)c(Br)cc1OC. The molecule has 0 saturated carbocycles. The van der Waals surface area contributed by atoms with Gasteiger partial charge in [-0.05, 0) is 46.7 Å². The van der Waals surface area contributed by atoms with Gasteiger partial charge in [0.2, 0.25) is 0 Å². The maximum absolute atomic E-state index is 11.7. The van der Waals surface area contributed by atoms with E-state index in [-0.39, 0.29) is 10.1 Å². The predicted molar refractivity (Wildman–Crippen MR) is 103 cm³/mol. The number of carbonyl (C=O) groups is 2. The Morgan fingerprint density at radius 3 is 2.77 bits per heavy atom. The van der Waals surface area contributed by atoms with E-state index in [9.17, 15) is 9.59 Å². The number of benzene rings is 1. The Balaban J connectivity index is 2.17. The van der Waals surface area contributed by atoms with Crippen LogP contribution in [0.4, 0.5) is 0 Å². The van der Waals surface area contributed by atoms with Crippen molar-refractivity contribution in [2.45, 2.75) is 6.92 Å². The number of methoxy groups -OCH3 is 2. The fourth-order valence-electron chi connectivity index (χ4n) is 1.86. The summed E-state index contributed by atoms with van der Waals surface area (Å²) < 4.78 is 16.0. The van der Waals surface area contributed by atoms with Gasteiger partial charge in [0.05, 0.1) is 31.9 Å². The number of hydrogen-bond donors (Lipinski definition) is 1. The van der Waals surface area contributed by atoms with Crippen LogP contribution in [0.15, 0.2) is 37.8 Å². The molecule has 1 fully saturated rings. The van der Waals surface area contributed by atoms with Crippen LogP contribution in [0.1, 0.15) is 12.5 Å². The van der Waals surface area contributed by atoms with Gasteiger partial charge in [-0.25, -0.2) is 4.79 Å². The van der Waals surface area contributed by atoms with Crippen molar-refractivity contribution in [1.82, 2.24) is 5.32 Å². The van der Waals surface area contributed by atoms with E-state index < -0.39 is 11.9 Å². The number of nitrogens with zero attached hydrogens (tertiary/aromatic N) is 2. The third-order valence-corrected chi connectivity index (χ3v) is 4.62. The summed E-state index contributed by atoms with van der Waals surface area (Å²) in [4.78, 5) is 23.1. The van der Waals surface area contributed by atoms with Crippen molar-refractivity contribution in [2.75, 3.05) is 20.8 Å². The van der Waals surface area contributed by atoms with Gasteiger partial charge in [-0.3, -0.25) is 10.1 Å². The van der Waals surface area contributed by atoms with E-state index in [0.717, 1.165) is 27.9 Å². The minimum absolute atomic E-state index is 0.190. The smallest absolute Gasteiger partial charge is 0.331 e. The predicted octanol–water partition coefficient (Wildman–Crippen LogP) is 2.47. The van der Waals surface area contributed by atoms with E-state index in [1.807, 2.05) is 6.92 Å². The summed E-state index contributed by atoms with van der Waals surface area (Å²) in [5, 5.41) is 10.7. The third-order valence-electron chi connectivity index (χ3n) is 3.03. The van der Waals surface area contributed by atoms with Crippen molar-refractivity contribution in [3.63, 3.8) is 0 Å². The van der Waals surface area contributed by atoms with Gasteiger partial charge in [0, 0.05) is 16.1 Å². The Kier molecular flexibility index (Phi) is 7.22. The lowest BCUT2D eigenvalue weighted by atomic mass is 10.2. The van der Waals surface area contributed by atoms with Crippen LogP contribution in [0.5, 0.6) is 11.5 Å². The van der Waals surface area contributed by atoms with Gasteiger partial charge in [0.1, 0.15) is 0 Å². The molecule has 0 aliphatic carbocycles. The molecule has 1 aromatic carbocycles. The lowest BCUT2D eigenvalue weighted by Gasteiger charge is -2.10. The number of nitrogens with one attached hydrogen (secondary N) is 1. The monoisotopic (exact) mass is 441 g/mol. The van der Waals surface area contributed by atoms with Crippen molar-refractivity contribution in [3.05, 3.63) is 33.2 Å². The molecular formula is C16H16BrN3O5S. The van der Waals surface area contributed by atoms with E-state index >= 15 is 0 Å². The molecule has 1 saturated heterocycles. The Morgan fingerprint density at radius 2 is 2.12 bits per heavy atom. The molecule has 1 aromatic rings. The number of rotatable bonds is 6. The average Bonchev–Trinajstić information content (AvgIpc) is 2.96. The number of amides is 1. The summed E-state index contributed by atoms with van der Waals surface area (Å²) in [6, 6.07) is 3.53. The zero-order valence-electron chi connectivity index (χ0n) is 14.2. The molecule has 1 aliphatic rings. The Labute approximate surface area is 162 Å². The van der Waals surface area contributed by atoms with Gasteiger partial charge < -0.3 is 14.2 Å². The Hall–Kier alpha value is -2.33. The average molecular weight is 442 g/mol. The van der Waals surface area contributed by atoms with E-state index in [1.165, 1.54) is 13.3 Å². The zero-order chi connectivity index (χ0) is 19.1. The molecule has 1 amide bonds. The summed E-state index contributed by atoms with van der Waals surface area (Å²) in [6.45, 7) is 2.37. The highest BCUT2D eigenvalue weighted by molar-refractivity contribution is 9.10. The molecule has 8 nitrogen and oxygen atoms in total. The van der Waals surface area contributed by atoms with Crippen molar-refractivity contribution in [1.29, 1.82) is 0 Å². The standard InChI is InChI=1S/C16H16BrN3O5S/c1-4-25-12-5-9(10(17)6-11(12)23-2)8-18-20-16-19-15(22)13(26-16)7-14(21)24-3/h5-8H,4H2,1-3H3,(H,19,20,22)/b13-7+,18-8?. The van der Waals surface area contributed by atoms with Gasteiger partial charge in [-0.1, -0.05) is 0 Å². The lowest BCUT2D eigenvalue weighted by Crippen LogP contribution is -2.19. The molecule has 0 atom stereocenters. The van der Waals surface area contributed by atoms with E-state index in [0.29, 0.717) is 18.1 Å². The molecule has 10 heteroatoms. The summed E-state index contributed by atoms with van der Waals surface area (Å²) in [5.74, 6) is 0.133. The molecule has 138 valence electrons. The molecule has 1 heterocycles. The summed E-state index contributed by atoms with van der Waals surface area (Å²) in [5.41, 5.74) is 0.721. The van der Waals surface area contributed by atoms with Gasteiger partial charge >= 0.3 is 5.97 Å². The number of thioether (sulfide) groups is 1. The van der Waals surface area contributed by atoms with E-state index in [1.54, 1.807) is 19.2 Å². The van der Waals surface area contributed by atoms with Crippen LogP contribution in [-0.4, -0.2) is 44.1 Å². The van der Waals surface area contributed by atoms with Crippen LogP contribution in [0, 0.1) is 0 Å². The lowest BCUT2D eigenvalue weighted by molar-refractivity contribution is -0.135. The zero-order valence-corrected chi connectivity index (χ0v) is 16.6. The van der Waals surface area contributed by atoms with Gasteiger partial charge in [-0.2, -0.15) is 5.10 Å². The second kappa shape index (κ2) is 9.39. The normalized spacial score (nSPS) is 17.0. The highest BCUT2D eigenvalue weighted by Gasteiger charge is 2.25. The Morgan fingerprint density at radius 1 is 1.35 bits per heavy atom. The maximum atomic E-state index is 11.7. The molecule has 0 radical (unpaired) electrons. The summed E-state index contributed by atoms with van der Waals surface area (Å²) in [6.07, 6.45) is 2.61. The number of carbonyl (C=O) groups excluding carboxylic acids is 2. The van der Waals surface area contributed by atoms with Crippen LogP contribution in [-0.2, 0) is 14.3 Å². The van der Waals surface area contributed by atoms with Crippen molar-refractivity contribution < 1.29 is 23.8 Å². The molecule has 0 bridgehead atoms. The second-order valence-corrected chi connectivity index (χ2v) is 6.58. The van der Waals surface area contributed by atoms with Crippen molar-refractivity contribution in [3.8, 4) is 11.5 Å². The fourth-order valence-corrected chi connectivity index (χ4v) is 3.03. The molecule has 1 N–H and O–H groups in total. The first-order chi connectivity index (χ1) is 12.5. The molecule has 0 aromatic heterocycles. The third kappa shape index (κ3) is 5.09. The van der Waals surface area contributed by atoms with Crippen molar-refractivity contribution in [2.24, 2.45) is 10.2 Å². The maximum Gasteiger partial charge on any atom is 0.331 e.